The van der Waals surface area contributed by atoms with Crippen molar-refractivity contribution in [2.75, 3.05) is 5.75 Å². The fraction of sp³-hybridized carbons (Fsp3) is 0.174. The van der Waals surface area contributed by atoms with Gasteiger partial charge in [0.15, 0.2) is 9.84 Å². The van der Waals surface area contributed by atoms with E-state index in [0.717, 1.165) is 36.4 Å². The lowest BCUT2D eigenvalue weighted by atomic mass is 10.1. The van der Waals surface area contributed by atoms with Crippen molar-refractivity contribution < 1.29 is 54.2 Å². The predicted octanol–water partition coefficient (Wildman–Crippen LogP) is 5.76. The molecule has 0 aromatic heterocycles. The Morgan fingerprint density at radius 2 is 1.30 bits per heavy atom. The maximum atomic E-state index is 12.9. The lowest BCUT2D eigenvalue weighted by Crippen LogP contribution is -2.30. The summed E-state index contributed by atoms with van der Waals surface area (Å²) in [5, 5.41) is 9.93. The quantitative estimate of drug-likeness (QED) is 0.158. The van der Waals surface area contributed by atoms with Crippen molar-refractivity contribution in [3.8, 4) is 17.2 Å². The maximum absolute atomic E-state index is 12.9. The Bertz CT molecular complexity index is 1310. The fourth-order valence-corrected chi connectivity index (χ4v) is 4.66. The summed E-state index contributed by atoms with van der Waals surface area (Å²) >= 11 is 0. The Labute approximate surface area is 206 Å². The van der Waals surface area contributed by atoms with Gasteiger partial charge in [0.1, 0.15) is 17.2 Å². The molecule has 37 heavy (non-hydrogen) atoms. The van der Waals surface area contributed by atoms with Crippen molar-refractivity contribution in [3.05, 3.63) is 83.9 Å². The van der Waals surface area contributed by atoms with Gasteiger partial charge in [-0.2, -0.15) is 13.2 Å². The first kappa shape index (κ1) is 27.8. The standard InChI is InChI=1S/C23H17F6NO6S/c24-22(25,26)16-3-1-15(2-4-16)21(30(32)14-31)13-37(33,34)20-11-9-18(10-12-20)35-17-5-7-19(8-6-17)36-23(27,28)29/h1-12,14,21,32H,13H2. The van der Waals surface area contributed by atoms with Gasteiger partial charge in [0.2, 0.25) is 6.41 Å². The van der Waals surface area contributed by atoms with Gasteiger partial charge in [0, 0.05) is 0 Å². The Kier molecular flexibility index (Phi) is 8.03. The average Bonchev–Trinajstić information content (AvgIpc) is 2.82. The molecule has 14 heteroatoms. The number of hydrogen-bond donors (Lipinski definition) is 1. The molecule has 0 aliphatic rings. The minimum atomic E-state index is -4.85. The summed E-state index contributed by atoms with van der Waals surface area (Å²) in [4.78, 5) is 10.9. The van der Waals surface area contributed by atoms with Crippen LogP contribution in [0.5, 0.6) is 17.2 Å². The third-order valence-corrected chi connectivity index (χ3v) is 6.65. The molecule has 0 saturated carbocycles. The van der Waals surface area contributed by atoms with Gasteiger partial charge in [-0.3, -0.25) is 10.0 Å². The monoisotopic (exact) mass is 549 g/mol. The number of nitrogens with zero attached hydrogens (tertiary/aromatic N) is 1. The molecule has 0 bridgehead atoms. The van der Waals surface area contributed by atoms with Crippen LogP contribution in [0.2, 0.25) is 0 Å². The van der Waals surface area contributed by atoms with Gasteiger partial charge >= 0.3 is 12.5 Å². The molecule has 1 atom stereocenters. The van der Waals surface area contributed by atoms with E-state index in [1.54, 1.807) is 0 Å². The first-order chi connectivity index (χ1) is 17.2. The molecule has 3 aromatic rings. The summed E-state index contributed by atoms with van der Waals surface area (Å²) in [6, 6.07) is 11.1. The number of carbonyl (C=O) groups is 1. The van der Waals surface area contributed by atoms with Gasteiger partial charge in [-0.15, -0.1) is 13.2 Å². The molecular weight excluding hydrogens is 532 g/mol. The number of rotatable bonds is 9. The van der Waals surface area contributed by atoms with Crippen LogP contribution in [0.1, 0.15) is 17.2 Å². The summed E-state index contributed by atoms with van der Waals surface area (Å²) in [6.45, 7) is 0. The van der Waals surface area contributed by atoms with Gasteiger partial charge in [-0.25, -0.2) is 13.5 Å². The Hall–Kier alpha value is -3.78. The molecule has 0 aliphatic heterocycles. The van der Waals surface area contributed by atoms with Gasteiger partial charge in [-0.05, 0) is 66.2 Å². The SMILES string of the molecule is O=CN(O)C(CS(=O)(=O)c1ccc(Oc2ccc(OC(F)(F)F)cc2)cc1)c1ccc(C(F)(F)F)cc1. The molecule has 1 unspecified atom stereocenters. The molecule has 0 saturated heterocycles. The summed E-state index contributed by atoms with van der Waals surface area (Å²) in [5.74, 6) is -1.04. The van der Waals surface area contributed by atoms with Gasteiger partial charge in [0.05, 0.1) is 22.3 Å². The summed E-state index contributed by atoms with van der Waals surface area (Å²) in [6.07, 6.45) is -9.56. The number of amides is 1. The van der Waals surface area contributed by atoms with E-state index in [4.69, 9.17) is 4.74 Å². The number of hydroxylamine groups is 2. The van der Waals surface area contributed by atoms with Gasteiger partial charge < -0.3 is 9.47 Å². The highest BCUT2D eigenvalue weighted by molar-refractivity contribution is 7.91. The molecule has 3 aromatic carbocycles. The second-order valence-electron chi connectivity index (χ2n) is 7.50. The highest BCUT2D eigenvalue weighted by Gasteiger charge is 2.32. The number of halogens is 6. The van der Waals surface area contributed by atoms with Crippen molar-refractivity contribution in [1.29, 1.82) is 0 Å². The number of carbonyl (C=O) groups excluding carboxylic acids is 1. The second kappa shape index (κ2) is 10.7. The second-order valence-corrected chi connectivity index (χ2v) is 9.53. The summed E-state index contributed by atoms with van der Waals surface area (Å²) < 4.78 is 110. The number of alkyl halides is 6. The van der Waals surface area contributed by atoms with Gasteiger partial charge in [0.25, 0.3) is 0 Å². The predicted molar refractivity (Wildman–Crippen MR) is 116 cm³/mol. The Balaban J connectivity index is 1.75. The Morgan fingerprint density at radius 3 is 1.76 bits per heavy atom. The van der Waals surface area contributed by atoms with Crippen LogP contribution in [-0.2, 0) is 20.8 Å². The molecular formula is C23H17F6NO6S. The smallest absolute Gasteiger partial charge is 0.457 e. The third-order valence-electron chi connectivity index (χ3n) is 4.90. The van der Waals surface area contributed by atoms with Crippen molar-refractivity contribution >= 4 is 16.2 Å². The average molecular weight is 549 g/mol. The van der Waals surface area contributed by atoms with Crippen LogP contribution in [0, 0.1) is 0 Å². The molecule has 1 amide bonds. The van der Waals surface area contributed by atoms with Crippen molar-refractivity contribution in [2.24, 2.45) is 0 Å². The molecule has 0 spiro atoms. The summed E-state index contributed by atoms with van der Waals surface area (Å²) in [7, 11) is -4.18. The zero-order valence-electron chi connectivity index (χ0n) is 18.4. The topological polar surface area (TPSA) is 93.1 Å². The normalized spacial score (nSPS) is 13.1. The van der Waals surface area contributed by atoms with Crippen LogP contribution in [0.15, 0.2) is 77.7 Å². The van der Waals surface area contributed by atoms with E-state index in [1.807, 2.05) is 0 Å². The molecule has 0 fully saturated rings. The molecule has 3 rings (SSSR count). The fourth-order valence-electron chi connectivity index (χ4n) is 3.16. The number of sulfone groups is 1. The van der Waals surface area contributed by atoms with Crippen LogP contribution in [0.25, 0.3) is 0 Å². The van der Waals surface area contributed by atoms with Crippen molar-refractivity contribution in [3.63, 3.8) is 0 Å². The highest BCUT2D eigenvalue weighted by Crippen LogP contribution is 2.32. The highest BCUT2D eigenvalue weighted by atomic mass is 32.2. The zero-order valence-corrected chi connectivity index (χ0v) is 19.2. The van der Waals surface area contributed by atoms with Crippen molar-refractivity contribution in [2.45, 2.75) is 23.5 Å². The maximum Gasteiger partial charge on any atom is 0.573 e. The first-order valence-electron chi connectivity index (χ1n) is 10.1. The van der Waals surface area contributed by atoms with Crippen LogP contribution in [-0.4, -0.2) is 37.2 Å². The van der Waals surface area contributed by atoms with E-state index in [9.17, 15) is 44.8 Å². The molecule has 198 valence electrons. The van der Waals surface area contributed by atoms with E-state index in [-0.39, 0.29) is 33.4 Å². The Morgan fingerprint density at radius 1 is 0.811 bits per heavy atom. The lowest BCUT2D eigenvalue weighted by Gasteiger charge is -2.23. The van der Waals surface area contributed by atoms with E-state index in [2.05, 4.69) is 4.74 Å². The largest absolute Gasteiger partial charge is 0.573 e. The molecule has 1 N–H and O–H groups in total. The van der Waals surface area contributed by atoms with E-state index >= 15 is 0 Å². The molecule has 0 heterocycles. The van der Waals surface area contributed by atoms with E-state index in [0.29, 0.717) is 12.1 Å². The molecule has 7 nitrogen and oxygen atoms in total. The zero-order chi connectivity index (χ0) is 27.4. The van der Waals surface area contributed by atoms with E-state index < -0.39 is 45.5 Å². The van der Waals surface area contributed by atoms with E-state index in [1.165, 1.54) is 24.3 Å². The minimum Gasteiger partial charge on any atom is -0.457 e. The lowest BCUT2D eigenvalue weighted by molar-refractivity contribution is -0.274. The number of ether oxygens (including phenoxy) is 2. The number of hydrogen-bond acceptors (Lipinski definition) is 6. The van der Waals surface area contributed by atoms with Crippen LogP contribution in [0.3, 0.4) is 0 Å². The summed E-state index contributed by atoms with van der Waals surface area (Å²) in [5.41, 5.74) is -1.05. The van der Waals surface area contributed by atoms with Crippen molar-refractivity contribution in [1.82, 2.24) is 5.06 Å². The van der Waals surface area contributed by atoms with Crippen LogP contribution >= 0.6 is 0 Å². The third kappa shape index (κ3) is 7.60. The first-order valence-corrected chi connectivity index (χ1v) is 11.8. The molecule has 0 aliphatic carbocycles. The van der Waals surface area contributed by atoms with Gasteiger partial charge in [-0.1, -0.05) is 12.1 Å². The minimum absolute atomic E-state index is 0.0454. The molecule has 0 radical (unpaired) electrons. The number of benzene rings is 3. The van der Waals surface area contributed by atoms with Crippen LogP contribution in [0.4, 0.5) is 26.3 Å². The van der Waals surface area contributed by atoms with Crippen LogP contribution < -0.4 is 9.47 Å².